The van der Waals surface area contributed by atoms with Gasteiger partial charge in [0.2, 0.25) is 11.8 Å². The number of ether oxygens (including phenoxy) is 2. The van der Waals surface area contributed by atoms with Crippen LogP contribution in [0.4, 0.5) is 0 Å². The van der Waals surface area contributed by atoms with Gasteiger partial charge < -0.3 is 29.9 Å². The van der Waals surface area contributed by atoms with E-state index < -0.39 is 30.1 Å². The molecule has 2 aliphatic rings. The average molecular weight is 531 g/mol. The minimum Gasteiger partial charge on any atom is -0.395 e. The van der Waals surface area contributed by atoms with Crippen LogP contribution in [0.2, 0.25) is 0 Å². The van der Waals surface area contributed by atoms with E-state index in [1.165, 1.54) is 4.90 Å². The molecule has 4 atom stereocenters. The van der Waals surface area contributed by atoms with Crippen LogP contribution in [0.25, 0.3) is 0 Å². The van der Waals surface area contributed by atoms with E-state index in [0.717, 1.165) is 56.9 Å². The Morgan fingerprint density at radius 2 is 1.74 bits per heavy atom. The van der Waals surface area contributed by atoms with Crippen LogP contribution in [0, 0.1) is 0 Å². The zero-order valence-electron chi connectivity index (χ0n) is 23.2. The molecule has 1 aromatic rings. The highest BCUT2D eigenvalue weighted by Gasteiger charge is 2.51. The fourth-order valence-corrected chi connectivity index (χ4v) is 5.41. The molecule has 1 saturated heterocycles. The lowest BCUT2D eigenvalue weighted by atomic mass is 9.91. The van der Waals surface area contributed by atoms with E-state index in [1.54, 1.807) is 13.1 Å². The lowest BCUT2D eigenvalue weighted by Gasteiger charge is -2.32. The van der Waals surface area contributed by atoms with Crippen LogP contribution in [0.3, 0.4) is 0 Å². The number of carbonyl (C=O) groups is 2. The van der Waals surface area contributed by atoms with E-state index in [-0.39, 0.29) is 31.4 Å². The molecule has 0 saturated carbocycles. The highest BCUT2D eigenvalue weighted by molar-refractivity contribution is 5.97. The van der Waals surface area contributed by atoms with Crippen molar-refractivity contribution in [3.8, 4) is 0 Å². The van der Waals surface area contributed by atoms with Crippen LogP contribution in [-0.4, -0.2) is 77.3 Å². The van der Waals surface area contributed by atoms with Gasteiger partial charge in [-0.2, -0.15) is 0 Å². The van der Waals surface area contributed by atoms with Gasteiger partial charge >= 0.3 is 0 Å². The van der Waals surface area contributed by atoms with E-state index in [0.29, 0.717) is 12.0 Å². The van der Waals surface area contributed by atoms with Crippen molar-refractivity contribution in [1.82, 2.24) is 10.2 Å². The molecule has 212 valence electrons. The van der Waals surface area contributed by atoms with Gasteiger partial charge in [0.05, 0.1) is 12.7 Å². The number of amides is 2. The summed E-state index contributed by atoms with van der Waals surface area (Å²) in [6, 6.07) is 8.75. The molecule has 3 rings (SSSR count). The molecule has 0 spiro atoms. The third kappa shape index (κ3) is 7.88. The van der Waals surface area contributed by atoms with Crippen LogP contribution in [0.1, 0.15) is 77.2 Å². The molecular formula is C30H46N2O6. The predicted octanol–water partition coefficient (Wildman–Crippen LogP) is 3.50. The molecule has 8 heteroatoms. The summed E-state index contributed by atoms with van der Waals surface area (Å²) in [5.41, 5.74) is 1.35. The zero-order chi connectivity index (χ0) is 27.5. The number of fused-ring (bicyclic) bond motifs is 1. The molecular weight excluding hydrogens is 484 g/mol. The van der Waals surface area contributed by atoms with Crippen molar-refractivity contribution in [1.29, 1.82) is 0 Å². The van der Waals surface area contributed by atoms with Crippen LogP contribution in [0.15, 0.2) is 42.0 Å². The van der Waals surface area contributed by atoms with Crippen molar-refractivity contribution in [3.63, 3.8) is 0 Å². The molecule has 1 heterocycles. The molecule has 3 N–H and O–H groups in total. The number of carbonyl (C=O) groups excluding carboxylic acids is 2. The van der Waals surface area contributed by atoms with Crippen molar-refractivity contribution >= 4 is 11.8 Å². The van der Waals surface area contributed by atoms with Gasteiger partial charge in [-0.3, -0.25) is 9.59 Å². The van der Waals surface area contributed by atoms with E-state index >= 15 is 0 Å². The summed E-state index contributed by atoms with van der Waals surface area (Å²) < 4.78 is 12.9. The average Bonchev–Trinajstić information content (AvgIpc) is 3.29. The second-order valence-electron chi connectivity index (χ2n) is 10.6. The third-order valence-corrected chi connectivity index (χ3v) is 7.57. The summed E-state index contributed by atoms with van der Waals surface area (Å²) in [6.45, 7) is 4.25. The molecule has 1 fully saturated rings. The Hall–Kier alpha value is -2.26. The summed E-state index contributed by atoms with van der Waals surface area (Å²) in [6.07, 6.45) is 8.27. The number of aliphatic hydroxyl groups is 2. The van der Waals surface area contributed by atoms with Crippen LogP contribution >= 0.6 is 0 Å². The topological polar surface area (TPSA) is 108 Å². The number of nitrogens with zero attached hydrogens (tertiary/aromatic N) is 1. The predicted molar refractivity (Wildman–Crippen MR) is 146 cm³/mol. The summed E-state index contributed by atoms with van der Waals surface area (Å²) in [4.78, 5) is 28.1. The number of aliphatic hydroxyl groups excluding tert-OH is 2. The first-order valence-corrected chi connectivity index (χ1v) is 14.3. The van der Waals surface area contributed by atoms with E-state index in [4.69, 9.17) is 9.47 Å². The number of hydrogen-bond donors (Lipinski definition) is 3. The molecule has 4 unspecified atom stereocenters. The molecule has 1 aliphatic heterocycles. The van der Waals surface area contributed by atoms with Crippen molar-refractivity contribution < 1.29 is 29.3 Å². The van der Waals surface area contributed by atoms with Crippen molar-refractivity contribution in [2.75, 3.05) is 20.2 Å². The van der Waals surface area contributed by atoms with Crippen LogP contribution in [-0.2, 0) is 25.5 Å². The number of hydrogen-bond acceptors (Lipinski definition) is 6. The fraction of sp³-hybridized carbons (Fsp3) is 0.667. The molecule has 0 bridgehead atoms. The quantitative estimate of drug-likeness (QED) is 0.300. The first-order chi connectivity index (χ1) is 18.3. The Bertz CT molecular complexity index is 911. The first kappa shape index (κ1) is 30.3. The molecule has 8 nitrogen and oxygen atoms in total. The first-order valence-electron chi connectivity index (χ1n) is 14.3. The van der Waals surface area contributed by atoms with Gasteiger partial charge in [0, 0.05) is 44.8 Å². The minimum absolute atomic E-state index is 0.112. The van der Waals surface area contributed by atoms with Gasteiger partial charge in [-0.25, -0.2) is 0 Å². The van der Waals surface area contributed by atoms with Gasteiger partial charge in [-0.05, 0) is 24.5 Å². The SMILES string of the molecule is CCCCCC1(CCCCC)OC2C=C(C(=O)N(C)C(Cc3ccccc3)C(=O)NCCO)CC(O)C2O1. The number of likely N-dealkylation sites (N-methyl/N-ethyl adjacent to an activating group) is 1. The maximum absolute atomic E-state index is 13.6. The van der Waals surface area contributed by atoms with Crippen molar-refractivity contribution in [2.24, 2.45) is 0 Å². The maximum Gasteiger partial charge on any atom is 0.250 e. The Morgan fingerprint density at radius 1 is 1.08 bits per heavy atom. The van der Waals surface area contributed by atoms with Crippen LogP contribution in [0.5, 0.6) is 0 Å². The lowest BCUT2D eigenvalue weighted by Crippen LogP contribution is -2.51. The molecule has 1 aliphatic carbocycles. The molecule has 1 aromatic carbocycles. The summed E-state index contributed by atoms with van der Waals surface area (Å²) in [5.74, 6) is -1.39. The molecule has 38 heavy (non-hydrogen) atoms. The molecule has 0 aromatic heterocycles. The Balaban J connectivity index is 1.78. The van der Waals surface area contributed by atoms with Gasteiger partial charge in [0.1, 0.15) is 18.2 Å². The zero-order valence-corrected chi connectivity index (χ0v) is 23.2. The van der Waals surface area contributed by atoms with Gasteiger partial charge in [0.15, 0.2) is 5.79 Å². The van der Waals surface area contributed by atoms with E-state index in [9.17, 15) is 19.8 Å². The van der Waals surface area contributed by atoms with E-state index in [2.05, 4.69) is 19.2 Å². The third-order valence-electron chi connectivity index (χ3n) is 7.57. The Kier molecular flexibility index (Phi) is 11.8. The number of unbranched alkanes of at least 4 members (excludes halogenated alkanes) is 4. The number of rotatable bonds is 15. The Morgan fingerprint density at radius 3 is 2.34 bits per heavy atom. The maximum atomic E-state index is 13.6. The standard InChI is InChI=1S/C30H46N2O6/c1-4-6-11-15-30(16-12-7-5-2)37-26-21-23(20-25(34)27(26)38-30)29(36)32(3)24(28(35)31-17-18-33)19-22-13-9-8-10-14-22/h8-10,13-14,21,24-27,33-34H,4-7,11-12,15-20H2,1-3H3,(H,31,35). The molecule has 2 amide bonds. The van der Waals surface area contributed by atoms with Crippen molar-refractivity contribution in [3.05, 3.63) is 47.5 Å². The highest BCUT2D eigenvalue weighted by Crippen LogP contribution is 2.42. The monoisotopic (exact) mass is 530 g/mol. The normalized spacial score (nSPS) is 22.9. The van der Waals surface area contributed by atoms with Gasteiger partial charge in [0.25, 0.3) is 0 Å². The highest BCUT2D eigenvalue weighted by atomic mass is 16.8. The van der Waals surface area contributed by atoms with Gasteiger partial charge in [-0.1, -0.05) is 69.9 Å². The van der Waals surface area contributed by atoms with Crippen molar-refractivity contribution in [2.45, 2.75) is 108 Å². The fourth-order valence-electron chi connectivity index (χ4n) is 5.41. The smallest absolute Gasteiger partial charge is 0.250 e. The second-order valence-corrected chi connectivity index (χ2v) is 10.6. The minimum atomic E-state index is -0.868. The molecule has 0 radical (unpaired) electrons. The summed E-state index contributed by atoms with van der Waals surface area (Å²) in [7, 11) is 1.61. The van der Waals surface area contributed by atoms with Gasteiger partial charge in [-0.15, -0.1) is 0 Å². The largest absolute Gasteiger partial charge is 0.395 e. The van der Waals surface area contributed by atoms with Crippen LogP contribution < -0.4 is 5.32 Å². The summed E-state index contributed by atoms with van der Waals surface area (Å²) >= 11 is 0. The lowest BCUT2D eigenvalue weighted by molar-refractivity contribution is -0.190. The van der Waals surface area contributed by atoms with E-state index in [1.807, 2.05) is 30.3 Å². The number of nitrogens with one attached hydrogen (secondary N) is 1. The number of benzene rings is 1. The second kappa shape index (κ2) is 14.8. The Labute approximate surface area is 227 Å². The summed E-state index contributed by atoms with van der Waals surface area (Å²) in [5, 5.41) is 22.9.